The van der Waals surface area contributed by atoms with E-state index in [4.69, 9.17) is 10.2 Å². The number of furan rings is 1. The number of alkyl halides is 6. The van der Waals surface area contributed by atoms with E-state index < -0.39 is 30.6 Å². The molecule has 0 aromatic carbocycles. The van der Waals surface area contributed by atoms with Gasteiger partial charge in [-0.15, -0.1) is 0 Å². The SMILES string of the molecule is CCC(N)C(OC(C(F)(F)F)C(F)(F)F)c1ccco1. The maximum Gasteiger partial charge on any atom is 0.423 e. The minimum absolute atomic E-state index is 0.119. The Labute approximate surface area is 110 Å². The second-order valence-electron chi connectivity index (χ2n) is 4.11. The normalized spacial score (nSPS) is 16.4. The van der Waals surface area contributed by atoms with Crippen molar-refractivity contribution in [2.75, 3.05) is 0 Å². The zero-order valence-corrected chi connectivity index (χ0v) is 10.3. The number of hydrogen-bond acceptors (Lipinski definition) is 3. The molecule has 0 amide bonds. The van der Waals surface area contributed by atoms with Crippen molar-refractivity contribution in [3.63, 3.8) is 0 Å². The predicted molar refractivity (Wildman–Crippen MR) is 56.7 cm³/mol. The highest BCUT2D eigenvalue weighted by Gasteiger charge is 2.59. The summed E-state index contributed by atoms with van der Waals surface area (Å²) >= 11 is 0. The molecule has 1 heterocycles. The summed E-state index contributed by atoms with van der Waals surface area (Å²) in [6, 6.07) is 1.47. The van der Waals surface area contributed by atoms with E-state index in [1.807, 2.05) is 0 Å². The molecular formula is C11H13F6NO2. The van der Waals surface area contributed by atoms with E-state index in [1.54, 1.807) is 0 Å². The van der Waals surface area contributed by atoms with Crippen LogP contribution in [0.3, 0.4) is 0 Å². The van der Waals surface area contributed by atoms with Gasteiger partial charge in [0, 0.05) is 6.04 Å². The lowest BCUT2D eigenvalue weighted by Crippen LogP contribution is -2.47. The highest BCUT2D eigenvalue weighted by atomic mass is 19.4. The topological polar surface area (TPSA) is 48.4 Å². The van der Waals surface area contributed by atoms with Gasteiger partial charge < -0.3 is 14.9 Å². The average molecular weight is 305 g/mol. The van der Waals surface area contributed by atoms with Crippen molar-refractivity contribution in [1.82, 2.24) is 0 Å². The van der Waals surface area contributed by atoms with E-state index in [9.17, 15) is 26.3 Å². The molecule has 0 aliphatic heterocycles. The first-order chi connectivity index (χ1) is 9.07. The first-order valence-corrected chi connectivity index (χ1v) is 5.65. The Bertz CT molecular complexity index is 386. The highest BCUT2D eigenvalue weighted by Crippen LogP contribution is 2.39. The van der Waals surface area contributed by atoms with Crippen LogP contribution >= 0.6 is 0 Å². The van der Waals surface area contributed by atoms with Crippen LogP contribution in [-0.4, -0.2) is 24.5 Å². The molecule has 2 unspecified atom stereocenters. The number of ether oxygens (including phenoxy) is 1. The molecule has 1 aromatic rings. The standard InChI is InChI=1S/C11H13F6NO2/c1-2-6(18)8(7-4-3-5-19-7)20-9(10(12,13)14)11(15,16)17/h3-6,8-9H,2,18H2,1H3. The third-order valence-electron chi connectivity index (χ3n) is 2.56. The molecule has 0 radical (unpaired) electrons. The van der Waals surface area contributed by atoms with E-state index >= 15 is 0 Å². The fourth-order valence-electron chi connectivity index (χ4n) is 1.53. The minimum Gasteiger partial charge on any atom is -0.467 e. The van der Waals surface area contributed by atoms with Crippen molar-refractivity contribution in [2.24, 2.45) is 5.73 Å². The molecule has 20 heavy (non-hydrogen) atoms. The van der Waals surface area contributed by atoms with Gasteiger partial charge in [-0.25, -0.2) is 0 Å². The maximum absolute atomic E-state index is 12.5. The highest BCUT2D eigenvalue weighted by molar-refractivity contribution is 5.05. The maximum atomic E-state index is 12.5. The van der Waals surface area contributed by atoms with Crippen LogP contribution in [0.15, 0.2) is 22.8 Å². The molecule has 2 N–H and O–H groups in total. The van der Waals surface area contributed by atoms with Gasteiger partial charge in [-0.05, 0) is 18.6 Å². The fourth-order valence-corrected chi connectivity index (χ4v) is 1.53. The number of hydrogen-bond donors (Lipinski definition) is 1. The van der Waals surface area contributed by atoms with Crippen molar-refractivity contribution in [2.45, 2.75) is 43.9 Å². The predicted octanol–water partition coefficient (Wildman–Crippen LogP) is 3.57. The Morgan fingerprint density at radius 3 is 2.10 bits per heavy atom. The number of nitrogens with two attached hydrogens (primary N) is 1. The molecule has 116 valence electrons. The fraction of sp³-hybridized carbons (Fsp3) is 0.636. The first-order valence-electron chi connectivity index (χ1n) is 5.65. The van der Waals surface area contributed by atoms with Gasteiger partial charge in [-0.2, -0.15) is 26.3 Å². The molecule has 0 aliphatic carbocycles. The summed E-state index contributed by atoms with van der Waals surface area (Å²) < 4.78 is 83.8. The largest absolute Gasteiger partial charge is 0.467 e. The lowest BCUT2D eigenvalue weighted by molar-refractivity contribution is -0.334. The van der Waals surface area contributed by atoms with Crippen LogP contribution < -0.4 is 5.73 Å². The van der Waals surface area contributed by atoms with Gasteiger partial charge in [-0.1, -0.05) is 6.92 Å². The molecule has 0 fully saturated rings. The van der Waals surface area contributed by atoms with Gasteiger partial charge in [0.1, 0.15) is 11.9 Å². The Kier molecular flexibility index (Phi) is 5.09. The zero-order valence-electron chi connectivity index (χ0n) is 10.3. The van der Waals surface area contributed by atoms with Gasteiger partial charge in [0.2, 0.25) is 6.10 Å². The van der Waals surface area contributed by atoms with E-state index in [-0.39, 0.29) is 12.2 Å². The number of rotatable bonds is 5. The van der Waals surface area contributed by atoms with Gasteiger partial charge in [0.05, 0.1) is 6.26 Å². The van der Waals surface area contributed by atoms with Crippen LogP contribution in [0, 0.1) is 0 Å². The molecular weight excluding hydrogens is 292 g/mol. The Balaban J connectivity index is 3.04. The molecule has 0 saturated heterocycles. The van der Waals surface area contributed by atoms with Crippen LogP contribution in [0.4, 0.5) is 26.3 Å². The van der Waals surface area contributed by atoms with Gasteiger partial charge in [0.25, 0.3) is 0 Å². The lowest BCUT2D eigenvalue weighted by atomic mass is 10.1. The van der Waals surface area contributed by atoms with E-state index in [1.165, 1.54) is 19.1 Å². The summed E-state index contributed by atoms with van der Waals surface area (Å²) in [6.45, 7) is 1.51. The molecule has 1 aromatic heterocycles. The smallest absolute Gasteiger partial charge is 0.423 e. The quantitative estimate of drug-likeness (QED) is 0.846. The molecule has 0 spiro atoms. The molecule has 1 rings (SSSR count). The van der Waals surface area contributed by atoms with E-state index in [0.29, 0.717) is 0 Å². The van der Waals surface area contributed by atoms with Crippen LogP contribution in [0.25, 0.3) is 0 Å². The molecule has 0 aliphatic rings. The van der Waals surface area contributed by atoms with Crippen molar-refractivity contribution >= 4 is 0 Å². The van der Waals surface area contributed by atoms with E-state index in [2.05, 4.69) is 4.74 Å². The summed E-state index contributed by atoms with van der Waals surface area (Å²) in [5, 5.41) is 0. The van der Waals surface area contributed by atoms with Gasteiger partial charge in [0.15, 0.2) is 0 Å². The van der Waals surface area contributed by atoms with Gasteiger partial charge >= 0.3 is 12.4 Å². The van der Waals surface area contributed by atoms with Crippen LogP contribution in [-0.2, 0) is 4.74 Å². The second kappa shape index (κ2) is 6.04. The molecule has 2 atom stereocenters. The minimum atomic E-state index is -5.59. The van der Waals surface area contributed by atoms with Crippen LogP contribution in [0.2, 0.25) is 0 Å². The van der Waals surface area contributed by atoms with Crippen molar-refractivity contribution in [1.29, 1.82) is 0 Å². The van der Waals surface area contributed by atoms with E-state index in [0.717, 1.165) is 6.26 Å². The van der Waals surface area contributed by atoms with Crippen molar-refractivity contribution in [3.05, 3.63) is 24.2 Å². The molecule has 9 heteroatoms. The first kappa shape index (κ1) is 16.8. The summed E-state index contributed by atoms with van der Waals surface area (Å²) in [6.07, 6.45) is -15.5. The summed E-state index contributed by atoms with van der Waals surface area (Å²) in [4.78, 5) is 0. The van der Waals surface area contributed by atoms with Crippen molar-refractivity contribution in [3.8, 4) is 0 Å². The molecule has 0 saturated carbocycles. The monoisotopic (exact) mass is 305 g/mol. The number of halogens is 6. The molecule has 3 nitrogen and oxygen atoms in total. The van der Waals surface area contributed by atoms with Crippen molar-refractivity contribution < 1.29 is 35.5 Å². The molecule has 0 bridgehead atoms. The summed E-state index contributed by atoms with van der Waals surface area (Å²) in [5.74, 6) is -0.183. The summed E-state index contributed by atoms with van der Waals surface area (Å²) in [5.41, 5.74) is 5.52. The average Bonchev–Trinajstić information content (AvgIpc) is 2.79. The van der Waals surface area contributed by atoms with Crippen LogP contribution in [0.5, 0.6) is 0 Å². The Morgan fingerprint density at radius 1 is 1.20 bits per heavy atom. The van der Waals surface area contributed by atoms with Gasteiger partial charge in [-0.3, -0.25) is 0 Å². The Morgan fingerprint density at radius 2 is 1.75 bits per heavy atom. The summed E-state index contributed by atoms with van der Waals surface area (Å²) in [7, 11) is 0. The zero-order chi connectivity index (χ0) is 15.6. The third kappa shape index (κ3) is 4.14. The Hall–Kier alpha value is -1.22. The third-order valence-corrected chi connectivity index (χ3v) is 2.56. The van der Waals surface area contributed by atoms with Crippen LogP contribution in [0.1, 0.15) is 25.2 Å². The lowest BCUT2D eigenvalue weighted by Gasteiger charge is -2.29. The second-order valence-corrected chi connectivity index (χ2v) is 4.11.